The number of unbranched alkanes of at least 4 members (excludes halogenated alkanes) is 1. The summed E-state index contributed by atoms with van der Waals surface area (Å²) < 4.78 is 20.3. The van der Waals surface area contributed by atoms with Crippen molar-refractivity contribution in [2.75, 3.05) is 0 Å². The third-order valence-corrected chi connectivity index (χ3v) is 3.31. The minimum absolute atomic E-state index is 0.169. The highest BCUT2D eigenvalue weighted by atomic mass is 19.1. The summed E-state index contributed by atoms with van der Waals surface area (Å²) in [5, 5.41) is 0. The van der Waals surface area contributed by atoms with Crippen molar-refractivity contribution in [3.8, 4) is 0 Å². The lowest BCUT2D eigenvalue weighted by atomic mass is 9.90. The first-order valence-electron chi connectivity index (χ1n) is 7.00. The molecule has 3 heteroatoms. The van der Waals surface area contributed by atoms with E-state index in [1.807, 2.05) is 19.9 Å². The van der Waals surface area contributed by atoms with E-state index in [1.165, 1.54) is 0 Å². The van der Waals surface area contributed by atoms with Crippen LogP contribution in [0.3, 0.4) is 0 Å². The van der Waals surface area contributed by atoms with Gasteiger partial charge in [0.05, 0.1) is 6.10 Å². The highest BCUT2D eigenvalue weighted by Gasteiger charge is 2.42. The van der Waals surface area contributed by atoms with Gasteiger partial charge in [-0.25, -0.2) is 9.18 Å². The van der Waals surface area contributed by atoms with Gasteiger partial charge in [-0.2, -0.15) is 0 Å². The van der Waals surface area contributed by atoms with Crippen molar-refractivity contribution in [3.63, 3.8) is 0 Å². The number of ether oxygens (including phenoxy) is 1. The van der Waals surface area contributed by atoms with Crippen LogP contribution in [-0.4, -0.2) is 12.1 Å². The maximum Gasteiger partial charge on any atom is 0.348 e. The Morgan fingerprint density at radius 3 is 2.47 bits per heavy atom. The maximum absolute atomic E-state index is 15.1. The van der Waals surface area contributed by atoms with Crippen LogP contribution >= 0.6 is 0 Å². The molecule has 0 radical (unpaired) electrons. The van der Waals surface area contributed by atoms with Gasteiger partial charge in [0, 0.05) is 5.56 Å². The maximum atomic E-state index is 15.1. The molecule has 0 heterocycles. The van der Waals surface area contributed by atoms with Gasteiger partial charge in [0.1, 0.15) is 0 Å². The van der Waals surface area contributed by atoms with Gasteiger partial charge in [0.2, 0.25) is 5.67 Å². The summed E-state index contributed by atoms with van der Waals surface area (Å²) >= 11 is 0. The third-order valence-electron chi connectivity index (χ3n) is 3.31. The van der Waals surface area contributed by atoms with Gasteiger partial charge in [-0.15, -0.1) is 0 Å². The topological polar surface area (TPSA) is 26.3 Å². The second-order valence-electron chi connectivity index (χ2n) is 4.89. The average Bonchev–Trinajstić information content (AvgIpc) is 2.45. The summed E-state index contributed by atoms with van der Waals surface area (Å²) in [6, 6.07) is 8.59. The molecule has 0 N–H and O–H groups in total. The first-order chi connectivity index (χ1) is 9.04. The average molecular weight is 266 g/mol. The Hall–Kier alpha value is -1.38. The van der Waals surface area contributed by atoms with E-state index in [9.17, 15) is 4.79 Å². The number of hydrogen-bond donors (Lipinski definition) is 0. The normalized spacial score (nSPS) is 15.6. The molecule has 1 aromatic rings. The highest BCUT2D eigenvalue weighted by molar-refractivity contribution is 5.81. The van der Waals surface area contributed by atoms with E-state index in [1.54, 1.807) is 31.2 Å². The zero-order valence-corrected chi connectivity index (χ0v) is 12.0. The Labute approximate surface area is 115 Å². The van der Waals surface area contributed by atoms with Crippen molar-refractivity contribution in [2.45, 2.75) is 58.2 Å². The molecule has 1 aromatic carbocycles. The molecular formula is C16H23FO2. The summed E-state index contributed by atoms with van der Waals surface area (Å²) in [4.78, 5) is 12.1. The van der Waals surface area contributed by atoms with E-state index in [2.05, 4.69) is 0 Å². The zero-order valence-electron chi connectivity index (χ0n) is 12.0. The van der Waals surface area contributed by atoms with Crippen molar-refractivity contribution in [2.24, 2.45) is 0 Å². The SMILES string of the molecule is CCCCC(F)(C(=O)OC(C)CC)c1ccccc1. The summed E-state index contributed by atoms with van der Waals surface area (Å²) in [7, 11) is 0. The van der Waals surface area contributed by atoms with E-state index in [-0.39, 0.29) is 12.5 Å². The molecule has 0 saturated heterocycles. The minimum atomic E-state index is -2.03. The lowest BCUT2D eigenvalue weighted by Crippen LogP contribution is -2.35. The minimum Gasteiger partial charge on any atom is -0.460 e. The molecule has 2 nitrogen and oxygen atoms in total. The van der Waals surface area contributed by atoms with E-state index in [4.69, 9.17) is 4.74 Å². The molecule has 2 atom stereocenters. The van der Waals surface area contributed by atoms with Gasteiger partial charge < -0.3 is 4.74 Å². The molecule has 0 aromatic heterocycles. The Kier molecular flexibility index (Phi) is 6.00. The molecule has 2 unspecified atom stereocenters. The van der Waals surface area contributed by atoms with Crippen molar-refractivity contribution in [1.29, 1.82) is 0 Å². The van der Waals surface area contributed by atoms with Crippen LogP contribution in [0.1, 0.15) is 52.0 Å². The molecule has 1 rings (SSSR count). The quantitative estimate of drug-likeness (QED) is 0.684. The molecule has 19 heavy (non-hydrogen) atoms. The van der Waals surface area contributed by atoms with E-state index >= 15 is 4.39 Å². The van der Waals surface area contributed by atoms with Crippen molar-refractivity contribution in [3.05, 3.63) is 35.9 Å². The van der Waals surface area contributed by atoms with E-state index in [0.717, 1.165) is 6.42 Å². The monoisotopic (exact) mass is 266 g/mol. The number of carbonyl (C=O) groups excluding carboxylic acids is 1. The molecule has 0 spiro atoms. The molecule has 0 aliphatic carbocycles. The van der Waals surface area contributed by atoms with Gasteiger partial charge in [-0.3, -0.25) is 0 Å². The molecule has 0 aliphatic heterocycles. The van der Waals surface area contributed by atoms with Gasteiger partial charge in [0.15, 0.2) is 0 Å². The predicted molar refractivity (Wildman–Crippen MR) is 74.6 cm³/mol. The smallest absolute Gasteiger partial charge is 0.348 e. The molecule has 0 saturated carbocycles. The lowest BCUT2D eigenvalue weighted by molar-refractivity contribution is -0.164. The van der Waals surface area contributed by atoms with Crippen molar-refractivity contribution < 1.29 is 13.9 Å². The Bertz CT molecular complexity index is 391. The Morgan fingerprint density at radius 2 is 1.95 bits per heavy atom. The molecule has 106 valence electrons. The number of hydrogen-bond acceptors (Lipinski definition) is 2. The Morgan fingerprint density at radius 1 is 1.32 bits per heavy atom. The summed E-state index contributed by atoms with van der Waals surface area (Å²) in [6.45, 7) is 5.67. The summed E-state index contributed by atoms with van der Waals surface area (Å²) in [5.74, 6) is -0.762. The first kappa shape index (κ1) is 15.7. The lowest BCUT2D eigenvalue weighted by Gasteiger charge is -2.25. The van der Waals surface area contributed by atoms with Crippen molar-refractivity contribution >= 4 is 5.97 Å². The number of esters is 1. The third kappa shape index (κ3) is 4.05. The highest BCUT2D eigenvalue weighted by Crippen LogP contribution is 2.33. The summed E-state index contributed by atoms with van der Waals surface area (Å²) in [6.07, 6.45) is 2.09. The fraction of sp³-hybridized carbons (Fsp3) is 0.562. The number of halogens is 1. The largest absolute Gasteiger partial charge is 0.460 e. The first-order valence-corrected chi connectivity index (χ1v) is 7.00. The van der Waals surface area contributed by atoms with E-state index in [0.29, 0.717) is 18.4 Å². The van der Waals surface area contributed by atoms with Crippen LogP contribution in [0.5, 0.6) is 0 Å². The standard InChI is InChI=1S/C16H23FO2/c1-4-6-12-16(17,14-10-8-7-9-11-14)15(18)19-13(3)5-2/h7-11,13H,4-6,12H2,1-3H3. The molecule has 0 amide bonds. The van der Waals surface area contributed by atoms with Crippen LogP contribution in [0.15, 0.2) is 30.3 Å². The predicted octanol–water partition coefficient (Wildman–Crippen LogP) is 4.38. The zero-order chi connectivity index (χ0) is 14.3. The Balaban J connectivity index is 2.96. The van der Waals surface area contributed by atoms with Gasteiger partial charge >= 0.3 is 5.97 Å². The number of alkyl halides is 1. The van der Waals surface area contributed by atoms with Crippen LogP contribution in [0.2, 0.25) is 0 Å². The number of rotatable bonds is 7. The van der Waals surface area contributed by atoms with Crippen LogP contribution in [0.4, 0.5) is 4.39 Å². The molecular weight excluding hydrogens is 243 g/mol. The van der Waals surface area contributed by atoms with Crippen LogP contribution in [-0.2, 0) is 15.2 Å². The molecule has 0 aliphatic rings. The van der Waals surface area contributed by atoms with E-state index < -0.39 is 11.6 Å². The van der Waals surface area contributed by atoms with Crippen molar-refractivity contribution in [1.82, 2.24) is 0 Å². The summed E-state index contributed by atoms with van der Waals surface area (Å²) in [5.41, 5.74) is -1.64. The van der Waals surface area contributed by atoms with Gasteiger partial charge in [-0.05, 0) is 26.2 Å². The van der Waals surface area contributed by atoms with Crippen LogP contribution < -0.4 is 0 Å². The fourth-order valence-electron chi connectivity index (χ4n) is 1.85. The molecule has 0 bridgehead atoms. The fourth-order valence-corrected chi connectivity index (χ4v) is 1.85. The van der Waals surface area contributed by atoms with Gasteiger partial charge in [-0.1, -0.05) is 50.6 Å². The van der Waals surface area contributed by atoms with Crippen LogP contribution in [0.25, 0.3) is 0 Å². The number of benzene rings is 1. The number of carbonyl (C=O) groups is 1. The van der Waals surface area contributed by atoms with Gasteiger partial charge in [0.25, 0.3) is 0 Å². The molecule has 0 fully saturated rings. The van der Waals surface area contributed by atoms with Crippen LogP contribution in [0, 0.1) is 0 Å². The second-order valence-corrected chi connectivity index (χ2v) is 4.89. The second kappa shape index (κ2) is 7.27.